The average molecular weight is 183 g/mol. The summed E-state index contributed by atoms with van der Waals surface area (Å²) in [7, 11) is 0. The first-order valence-electron chi connectivity index (χ1n) is 3.76. The lowest BCUT2D eigenvalue weighted by atomic mass is 9.98. The Kier molecular flexibility index (Phi) is 2.46. The van der Waals surface area contributed by atoms with Crippen molar-refractivity contribution in [3.05, 3.63) is 11.6 Å². The number of carbonyl (C=O) groups excluding carboxylic acids is 2. The number of carboxylic acids is 1. The maximum Gasteiger partial charge on any atom is 0.304 e. The minimum Gasteiger partial charge on any atom is -0.481 e. The standard InChI is InChI=1S/C8H9NO4/c1-4-2-5(3-6(10)11)8(13)9-7(4)12/h2,5H,3H2,1H3,(H,10,11)(H,9,12,13). The van der Waals surface area contributed by atoms with Gasteiger partial charge in [-0.15, -0.1) is 0 Å². The van der Waals surface area contributed by atoms with E-state index in [0.717, 1.165) is 0 Å². The van der Waals surface area contributed by atoms with Gasteiger partial charge in [0, 0.05) is 5.57 Å². The van der Waals surface area contributed by atoms with E-state index >= 15 is 0 Å². The zero-order valence-electron chi connectivity index (χ0n) is 7.03. The highest BCUT2D eigenvalue weighted by Crippen LogP contribution is 2.13. The first-order valence-corrected chi connectivity index (χ1v) is 3.76. The molecule has 70 valence electrons. The Balaban J connectivity index is 2.81. The average Bonchev–Trinajstić information content (AvgIpc) is 1.99. The van der Waals surface area contributed by atoms with E-state index in [2.05, 4.69) is 5.32 Å². The predicted molar refractivity (Wildman–Crippen MR) is 42.6 cm³/mol. The molecule has 1 heterocycles. The van der Waals surface area contributed by atoms with Crippen LogP contribution in [0.2, 0.25) is 0 Å². The van der Waals surface area contributed by atoms with E-state index in [1.54, 1.807) is 0 Å². The molecule has 0 aromatic rings. The second-order valence-electron chi connectivity index (χ2n) is 2.87. The van der Waals surface area contributed by atoms with Crippen LogP contribution in [0.1, 0.15) is 13.3 Å². The van der Waals surface area contributed by atoms with E-state index in [4.69, 9.17) is 5.11 Å². The second-order valence-corrected chi connectivity index (χ2v) is 2.87. The van der Waals surface area contributed by atoms with Gasteiger partial charge in [0.1, 0.15) is 0 Å². The fraction of sp³-hybridized carbons (Fsp3) is 0.375. The van der Waals surface area contributed by atoms with Crippen LogP contribution < -0.4 is 5.32 Å². The van der Waals surface area contributed by atoms with Gasteiger partial charge in [-0.1, -0.05) is 6.08 Å². The lowest BCUT2D eigenvalue weighted by Crippen LogP contribution is -2.40. The van der Waals surface area contributed by atoms with E-state index in [0.29, 0.717) is 5.57 Å². The minimum absolute atomic E-state index is 0.281. The van der Waals surface area contributed by atoms with Gasteiger partial charge in [-0.05, 0) is 6.92 Å². The van der Waals surface area contributed by atoms with Crippen LogP contribution in [0.5, 0.6) is 0 Å². The van der Waals surface area contributed by atoms with Gasteiger partial charge < -0.3 is 5.11 Å². The minimum atomic E-state index is -1.06. The molecule has 0 bridgehead atoms. The smallest absolute Gasteiger partial charge is 0.304 e. The van der Waals surface area contributed by atoms with Gasteiger partial charge in [-0.2, -0.15) is 0 Å². The molecule has 0 aliphatic carbocycles. The van der Waals surface area contributed by atoms with Crippen molar-refractivity contribution < 1.29 is 19.5 Å². The third-order valence-electron chi connectivity index (χ3n) is 1.78. The Hall–Kier alpha value is -1.65. The number of carbonyl (C=O) groups is 3. The van der Waals surface area contributed by atoms with E-state index in [-0.39, 0.29) is 6.42 Å². The SMILES string of the molecule is CC1=CC(CC(=O)O)C(=O)NC1=O. The second kappa shape index (κ2) is 3.38. The Labute approximate surface area is 74.4 Å². The van der Waals surface area contributed by atoms with Crippen molar-refractivity contribution in [2.45, 2.75) is 13.3 Å². The van der Waals surface area contributed by atoms with E-state index in [1.807, 2.05) is 0 Å². The Morgan fingerprint density at radius 1 is 1.62 bits per heavy atom. The molecule has 1 atom stereocenters. The number of carboxylic acid groups (broad SMARTS) is 1. The number of nitrogens with one attached hydrogen (secondary N) is 1. The fourth-order valence-electron chi connectivity index (χ4n) is 1.10. The van der Waals surface area contributed by atoms with Gasteiger partial charge >= 0.3 is 5.97 Å². The molecule has 0 radical (unpaired) electrons. The highest BCUT2D eigenvalue weighted by molar-refractivity contribution is 6.08. The molecule has 0 spiro atoms. The topological polar surface area (TPSA) is 83.5 Å². The van der Waals surface area contributed by atoms with Gasteiger partial charge in [0.2, 0.25) is 5.91 Å². The number of imide groups is 1. The third-order valence-corrected chi connectivity index (χ3v) is 1.78. The van der Waals surface area contributed by atoms with Gasteiger partial charge in [-0.25, -0.2) is 0 Å². The van der Waals surface area contributed by atoms with Crippen LogP contribution in [0.4, 0.5) is 0 Å². The van der Waals surface area contributed by atoms with E-state index < -0.39 is 23.7 Å². The van der Waals surface area contributed by atoms with Gasteiger partial charge in [0.05, 0.1) is 12.3 Å². The first kappa shape index (κ1) is 9.44. The van der Waals surface area contributed by atoms with Crippen LogP contribution in [0.3, 0.4) is 0 Å². The highest BCUT2D eigenvalue weighted by atomic mass is 16.4. The lowest BCUT2D eigenvalue weighted by molar-refractivity contribution is -0.141. The number of hydrogen-bond donors (Lipinski definition) is 2. The number of aliphatic carboxylic acids is 1. The molecule has 1 rings (SSSR count). The van der Waals surface area contributed by atoms with Crippen molar-refractivity contribution in [1.82, 2.24) is 5.32 Å². The molecule has 1 unspecified atom stereocenters. The summed E-state index contributed by atoms with van der Waals surface area (Å²) in [5.74, 6) is -2.78. The Morgan fingerprint density at radius 3 is 2.77 bits per heavy atom. The quantitative estimate of drug-likeness (QED) is 0.574. The summed E-state index contributed by atoms with van der Waals surface area (Å²) in [4.78, 5) is 32.2. The van der Waals surface area contributed by atoms with Crippen molar-refractivity contribution in [3.8, 4) is 0 Å². The molecule has 1 aliphatic rings. The van der Waals surface area contributed by atoms with Crippen LogP contribution in [0.25, 0.3) is 0 Å². The molecule has 0 saturated heterocycles. The normalized spacial score (nSPS) is 22.2. The molecular weight excluding hydrogens is 174 g/mol. The van der Waals surface area contributed by atoms with E-state index in [9.17, 15) is 14.4 Å². The van der Waals surface area contributed by atoms with Crippen LogP contribution >= 0.6 is 0 Å². The molecule has 1 aliphatic heterocycles. The summed E-state index contributed by atoms with van der Waals surface area (Å²) in [6, 6.07) is 0. The van der Waals surface area contributed by atoms with Gasteiger partial charge in [0.25, 0.3) is 5.91 Å². The summed E-state index contributed by atoms with van der Waals surface area (Å²) in [5.41, 5.74) is 0.380. The lowest BCUT2D eigenvalue weighted by Gasteiger charge is -2.16. The summed E-state index contributed by atoms with van der Waals surface area (Å²) >= 11 is 0. The van der Waals surface area contributed by atoms with Crippen molar-refractivity contribution in [2.24, 2.45) is 5.92 Å². The largest absolute Gasteiger partial charge is 0.481 e. The summed E-state index contributed by atoms with van der Waals surface area (Å²) < 4.78 is 0. The van der Waals surface area contributed by atoms with Crippen LogP contribution in [0, 0.1) is 5.92 Å². The molecule has 0 aromatic heterocycles. The van der Waals surface area contributed by atoms with E-state index in [1.165, 1.54) is 13.0 Å². The zero-order valence-corrected chi connectivity index (χ0v) is 7.03. The summed E-state index contributed by atoms with van der Waals surface area (Å²) in [6.45, 7) is 1.54. The van der Waals surface area contributed by atoms with Gasteiger partial charge in [0.15, 0.2) is 0 Å². The molecule has 2 amide bonds. The fourth-order valence-corrected chi connectivity index (χ4v) is 1.10. The molecular formula is C8H9NO4. The Bertz CT molecular complexity index is 305. The van der Waals surface area contributed by atoms with Crippen LogP contribution in [-0.2, 0) is 14.4 Å². The molecule has 0 fully saturated rings. The summed E-state index contributed by atoms with van der Waals surface area (Å²) in [5, 5.41) is 10.5. The predicted octanol–water partition coefficient (Wildman–Crippen LogP) is -0.320. The number of hydrogen-bond acceptors (Lipinski definition) is 3. The number of rotatable bonds is 2. The van der Waals surface area contributed by atoms with Crippen LogP contribution in [0.15, 0.2) is 11.6 Å². The molecule has 5 nitrogen and oxygen atoms in total. The van der Waals surface area contributed by atoms with Crippen molar-refractivity contribution in [3.63, 3.8) is 0 Å². The molecule has 0 saturated carbocycles. The summed E-state index contributed by atoms with van der Waals surface area (Å²) in [6.07, 6.45) is 1.10. The zero-order chi connectivity index (χ0) is 10.0. The molecule has 2 N–H and O–H groups in total. The Morgan fingerprint density at radius 2 is 2.23 bits per heavy atom. The first-order chi connectivity index (χ1) is 6.00. The third kappa shape index (κ3) is 2.14. The van der Waals surface area contributed by atoms with Crippen LogP contribution in [-0.4, -0.2) is 22.9 Å². The number of amides is 2. The molecule has 0 aromatic carbocycles. The van der Waals surface area contributed by atoms with Gasteiger partial charge in [-0.3, -0.25) is 19.7 Å². The monoisotopic (exact) mass is 183 g/mol. The van der Waals surface area contributed by atoms with Crippen molar-refractivity contribution in [2.75, 3.05) is 0 Å². The maximum absolute atomic E-state index is 11.0. The van der Waals surface area contributed by atoms with Crippen molar-refractivity contribution >= 4 is 17.8 Å². The van der Waals surface area contributed by atoms with Crippen molar-refractivity contribution in [1.29, 1.82) is 0 Å². The highest BCUT2D eigenvalue weighted by Gasteiger charge is 2.26. The molecule has 5 heteroatoms. The maximum atomic E-state index is 11.0. The molecule has 13 heavy (non-hydrogen) atoms.